The molecule has 2 aromatic carbocycles. The highest BCUT2D eigenvalue weighted by atomic mass is 14.9. The van der Waals surface area contributed by atoms with Crippen LogP contribution in [-0.2, 0) is 13.0 Å². The Labute approximate surface area is 95.7 Å². The molecule has 0 amide bonds. The Hall–Kier alpha value is -1.54. The van der Waals surface area contributed by atoms with E-state index in [0.717, 1.165) is 19.5 Å². The zero-order valence-electron chi connectivity index (χ0n) is 9.51. The van der Waals surface area contributed by atoms with Crippen molar-refractivity contribution >= 4 is 16.5 Å². The van der Waals surface area contributed by atoms with Gasteiger partial charge in [0.15, 0.2) is 0 Å². The van der Waals surface area contributed by atoms with Gasteiger partial charge in [-0.2, -0.15) is 0 Å². The van der Waals surface area contributed by atoms with E-state index in [-0.39, 0.29) is 0 Å². The van der Waals surface area contributed by atoms with Crippen molar-refractivity contribution in [3.8, 4) is 0 Å². The second-order valence-corrected chi connectivity index (χ2v) is 4.29. The standard InChI is InChI=1S/C14H16N2/c1-15-14-12-5-3-2-4-10(12)8-11-9-16-7-6-13(11)14/h2-5,8,15-16H,6-7,9H2,1H3. The summed E-state index contributed by atoms with van der Waals surface area (Å²) in [6.45, 7) is 2.08. The fraction of sp³-hybridized carbons (Fsp3) is 0.286. The number of benzene rings is 2. The number of hydrogen-bond acceptors (Lipinski definition) is 2. The third-order valence-corrected chi connectivity index (χ3v) is 3.37. The topological polar surface area (TPSA) is 24.1 Å². The van der Waals surface area contributed by atoms with Crippen LogP contribution < -0.4 is 10.6 Å². The monoisotopic (exact) mass is 212 g/mol. The first-order valence-corrected chi connectivity index (χ1v) is 5.82. The Morgan fingerprint density at radius 2 is 2.12 bits per heavy atom. The van der Waals surface area contributed by atoms with Crippen LogP contribution in [0.1, 0.15) is 11.1 Å². The lowest BCUT2D eigenvalue weighted by molar-refractivity contribution is 0.646. The Kier molecular flexibility index (Phi) is 2.29. The molecule has 0 saturated heterocycles. The Morgan fingerprint density at radius 3 is 3.00 bits per heavy atom. The second kappa shape index (κ2) is 3.80. The van der Waals surface area contributed by atoms with Gasteiger partial charge in [0.05, 0.1) is 0 Å². The summed E-state index contributed by atoms with van der Waals surface area (Å²) in [5.41, 5.74) is 4.24. The molecule has 82 valence electrons. The molecule has 0 bridgehead atoms. The average Bonchev–Trinajstić information content (AvgIpc) is 2.36. The highest BCUT2D eigenvalue weighted by Crippen LogP contribution is 2.32. The normalized spacial score (nSPS) is 14.8. The van der Waals surface area contributed by atoms with Crippen LogP contribution in [0.25, 0.3) is 10.8 Å². The maximum Gasteiger partial charge on any atom is 0.0453 e. The molecule has 16 heavy (non-hydrogen) atoms. The number of hydrogen-bond donors (Lipinski definition) is 2. The van der Waals surface area contributed by atoms with Crippen LogP contribution in [0.5, 0.6) is 0 Å². The Bertz CT molecular complexity index is 531. The molecule has 2 N–H and O–H groups in total. The molecule has 2 heteroatoms. The lowest BCUT2D eigenvalue weighted by Gasteiger charge is -2.22. The van der Waals surface area contributed by atoms with E-state index in [1.807, 2.05) is 7.05 Å². The van der Waals surface area contributed by atoms with Gasteiger partial charge in [-0.3, -0.25) is 0 Å². The summed E-state index contributed by atoms with van der Waals surface area (Å²) in [5, 5.41) is 9.47. The zero-order chi connectivity index (χ0) is 11.0. The minimum Gasteiger partial charge on any atom is -0.387 e. The van der Waals surface area contributed by atoms with Crippen molar-refractivity contribution in [1.82, 2.24) is 5.32 Å². The molecule has 0 fully saturated rings. The largest absolute Gasteiger partial charge is 0.387 e. The van der Waals surface area contributed by atoms with Gasteiger partial charge < -0.3 is 10.6 Å². The fourth-order valence-electron chi connectivity index (χ4n) is 2.61. The van der Waals surface area contributed by atoms with Crippen molar-refractivity contribution in [3.63, 3.8) is 0 Å². The van der Waals surface area contributed by atoms with Crippen LogP contribution in [0.2, 0.25) is 0 Å². The first-order valence-electron chi connectivity index (χ1n) is 5.82. The predicted octanol–water partition coefficient (Wildman–Crippen LogP) is 2.53. The third kappa shape index (κ3) is 1.38. The molecule has 0 spiro atoms. The van der Waals surface area contributed by atoms with E-state index in [1.165, 1.54) is 27.6 Å². The predicted molar refractivity (Wildman–Crippen MR) is 68.9 cm³/mol. The lowest BCUT2D eigenvalue weighted by atomic mass is 9.94. The van der Waals surface area contributed by atoms with E-state index < -0.39 is 0 Å². The summed E-state index contributed by atoms with van der Waals surface area (Å²) < 4.78 is 0. The van der Waals surface area contributed by atoms with Crippen molar-refractivity contribution in [1.29, 1.82) is 0 Å². The third-order valence-electron chi connectivity index (χ3n) is 3.37. The smallest absolute Gasteiger partial charge is 0.0453 e. The molecule has 3 rings (SSSR count). The molecule has 0 saturated carbocycles. The zero-order valence-corrected chi connectivity index (χ0v) is 9.51. The van der Waals surface area contributed by atoms with Crippen molar-refractivity contribution < 1.29 is 0 Å². The van der Waals surface area contributed by atoms with Crippen LogP contribution >= 0.6 is 0 Å². The van der Waals surface area contributed by atoms with Gasteiger partial charge in [0, 0.05) is 24.7 Å². The van der Waals surface area contributed by atoms with Gasteiger partial charge in [-0.1, -0.05) is 24.3 Å². The minimum atomic E-state index is 0.995. The molecule has 0 unspecified atom stereocenters. The number of nitrogens with one attached hydrogen (secondary N) is 2. The van der Waals surface area contributed by atoms with Crippen LogP contribution in [0.4, 0.5) is 5.69 Å². The van der Waals surface area contributed by atoms with Crippen LogP contribution in [-0.4, -0.2) is 13.6 Å². The van der Waals surface area contributed by atoms with Crippen LogP contribution in [0, 0.1) is 0 Å². The Balaban J connectivity index is 2.35. The maximum absolute atomic E-state index is 3.43. The molecular weight excluding hydrogens is 196 g/mol. The van der Waals surface area contributed by atoms with Gasteiger partial charge >= 0.3 is 0 Å². The molecule has 0 aromatic heterocycles. The van der Waals surface area contributed by atoms with E-state index in [9.17, 15) is 0 Å². The van der Waals surface area contributed by atoms with Crippen LogP contribution in [0.3, 0.4) is 0 Å². The van der Waals surface area contributed by atoms with Gasteiger partial charge in [-0.15, -0.1) is 0 Å². The Morgan fingerprint density at radius 1 is 1.25 bits per heavy atom. The second-order valence-electron chi connectivity index (χ2n) is 4.29. The van der Waals surface area contributed by atoms with Gasteiger partial charge in [0.1, 0.15) is 0 Å². The first-order chi connectivity index (χ1) is 7.90. The van der Waals surface area contributed by atoms with E-state index >= 15 is 0 Å². The molecule has 1 aliphatic heterocycles. The molecule has 1 aliphatic rings. The highest BCUT2D eigenvalue weighted by molar-refractivity contribution is 5.96. The van der Waals surface area contributed by atoms with Crippen molar-refractivity contribution in [3.05, 3.63) is 41.5 Å². The van der Waals surface area contributed by atoms with Crippen LogP contribution in [0.15, 0.2) is 30.3 Å². The minimum absolute atomic E-state index is 0.995. The summed E-state index contributed by atoms with van der Waals surface area (Å²) >= 11 is 0. The number of rotatable bonds is 1. The maximum atomic E-state index is 3.43. The number of fused-ring (bicyclic) bond motifs is 2. The molecule has 1 heterocycles. The molecule has 0 atom stereocenters. The van der Waals surface area contributed by atoms with E-state index in [2.05, 4.69) is 41.0 Å². The summed E-state index contributed by atoms with van der Waals surface area (Å²) in [5.74, 6) is 0. The summed E-state index contributed by atoms with van der Waals surface area (Å²) in [4.78, 5) is 0. The first kappa shape index (κ1) is 9.67. The van der Waals surface area contributed by atoms with E-state index in [1.54, 1.807) is 0 Å². The van der Waals surface area contributed by atoms with Crippen molar-refractivity contribution in [2.45, 2.75) is 13.0 Å². The molecule has 0 aliphatic carbocycles. The van der Waals surface area contributed by atoms with E-state index in [4.69, 9.17) is 0 Å². The SMILES string of the molecule is CNc1c2c(cc3ccccc13)CNCC2. The summed E-state index contributed by atoms with van der Waals surface area (Å²) in [6, 6.07) is 10.9. The van der Waals surface area contributed by atoms with E-state index in [0.29, 0.717) is 0 Å². The van der Waals surface area contributed by atoms with Gasteiger partial charge in [0.2, 0.25) is 0 Å². The number of anilines is 1. The molecule has 2 aromatic rings. The van der Waals surface area contributed by atoms with Gasteiger partial charge in [-0.25, -0.2) is 0 Å². The molecule has 2 nitrogen and oxygen atoms in total. The average molecular weight is 212 g/mol. The molecule has 0 radical (unpaired) electrons. The van der Waals surface area contributed by atoms with Crippen molar-refractivity contribution in [2.75, 3.05) is 18.9 Å². The van der Waals surface area contributed by atoms with Gasteiger partial charge in [0.25, 0.3) is 0 Å². The summed E-state index contributed by atoms with van der Waals surface area (Å²) in [6.07, 6.45) is 1.12. The quantitative estimate of drug-likeness (QED) is 0.759. The fourth-order valence-corrected chi connectivity index (χ4v) is 2.61. The van der Waals surface area contributed by atoms with Gasteiger partial charge in [-0.05, 0) is 35.5 Å². The summed E-state index contributed by atoms with van der Waals surface area (Å²) in [7, 11) is 2.02. The highest BCUT2D eigenvalue weighted by Gasteiger charge is 2.14. The molecular formula is C14H16N2. The lowest BCUT2D eigenvalue weighted by Crippen LogP contribution is -2.24. The van der Waals surface area contributed by atoms with Crippen molar-refractivity contribution in [2.24, 2.45) is 0 Å².